The lowest BCUT2D eigenvalue weighted by atomic mass is 10.3. The summed E-state index contributed by atoms with van der Waals surface area (Å²) < 4.78 is 43.1. The Hall–Kier alpha value is -2.32. The number of hydrogen-bond donors (Lipinski definition) is 1. The maximum absolute atomic E-state index is 12.5. The molecule has 0 spiro atoms. The Kier molecular flexibility index (Phi) is 3.51. The molecule has 0 unspecified atom stereocenters. The molecule has 20 heavy (non-hydrogen) atoms. The van der Waals surface area contributed by atoms with E-state index in [1.54, 1.807) is 6.92 Å². The fourth-order valence-corrected chi connectivity index (χ4v) is 1.52. The molecule has 0 fully saturated rings. The van der Waals surface area contributed by atoms with Gasteiger partial charge in [-0.15, -0.1) is 0 Å². The number of ether oxygens (including phenoxy) is 1. The number of fused-ring (bicyclic) bond motifs is 1. The third-order valence-electron chi connectivity index (χ3n) is 2.45. The largest absolute Gasteiger partial charge is 0.462 e. The lowest BCUT2D eigenvalue weighted by molar-refractivity contribution is -0.140. The molecule has 0 radical (unpaired) electrons. The summed E-state index contributed by atoms with van der Waals surface area (Å²) in [4.78, 5) is 26.7. The fourth-order valence-electron chi connectivity index (χ4n) is 1.52. The van der Waals surface area contributed by atoms with E-state index >= 15 is 0 Å². The lowest BCUT2D eigenvalue weighted by Gasteiger charge is -2.02. The summed E-state index contributed by atoms with van der Waals surface area (Å²) in [5.41, 5.74) is -3.03. The van der Waals surface area contributed by atoms with Gasteiger partial charge < -0.3 is 4.74 Å². The van der Waals surface area contributed by atoms with Crippen molar-refractivity contribution in [2.75, 3.05) is 6.61 Å². The number of imidazole rings is 1. The van der Waals surface area contributed by atoms with Crippen LogP contribution in [0.15, 0.2) is 17.2 Å². The van der Waals surface area contributed by atoms with E-state index in [4.69, 9.17) is 4.74 Å². The number of hydrogen-bond acceptors (Lipinski definition) is 4. The highest BCUT2D eigenvalue weighted by Crippen LogP contribution is 2.27. The van der Waals surface area contributed by atoms with Crippen LogP contribution in [0.1, 0.15) is 29.4 Å². The average Bonchev–Trinajstić information content (AvgIpc) is 2.81. The zero-order valence-corrected chi connectivity index (χ0v) is 10.3. The van der Waals surface area contributed by atoms with Gasteiger partial charge in [0, 0.05) is 6.20 Å². The molecule has 0 bridgehead atoms. The smallest absolute Gasteiger partial charge is 0.434 e. The Morgan fingerprint density at radius 3 is 2.80 bits per heavy atom. The molecule has 0 aromatic carbocycles. The number of nitrogens with zero attached hydrogens (tertiary/aromatic N) is 2. The minimum Gasteiger partial charge on any atom is -0.462 e. The molecule has 0 aliphatic carbocycles. The van der Waals surface area contributed by atoms with Crippen molar-refractivity contribution in [1.82, 2.24) is 14.6 Å². The van der Waals surface area contributed by atoms with Crippen molar-refractivity contribution in [3.63, 3.8) is 0 Å². The predicted molar refractivity (Wildman–Crippen MR) is 61.4 cm³/mol. The van der Waals surface area contributed by atoms with Gasteiger partial charge >= 0.3 is 12.1 Å². The van der Waals surface area contributed by atoms with E-state index in [0.29, 0.717) is 12.6 Å². The summed E-state index contributed by atoms with van der Waals surface area (Å²) in [7, 11) is 0. The highest BCUT2D eigenvalue weighted by Gasteiger charge is 2.34. The molecule has 0 atom stereocenters. The first kappa shape index (κ1) is 14.1. The monoisotopic (exact) mass is 289 g/mol. The maximum atomic E-state index is 12.5. The van der Waals surface area contributed by atoms with Gasteiger partial charge in [-0.05, 0) is 6.42 Å². The fraction of sp³-hybridized carbons (Fsp3) is 0.364. The number of rotatable bonds is 3. The third-order valence-corrected chi connectivity index (χ3v) is 2.45. The molecule has 2 heterocycles. The van der Waals surface area contributed by atoms with Crippen LogP contribution in [-0.2, 0) is 10.9 Å². The van der Waals surface area contributed by atoms with Crippen LogP contribution < -0.4 is 5.43 Å². The summed E-state index contributed by atoms with van der Waals surface area (Å²) in [6.45, 7) is 1.89. The van der Waals surface area contributed by atoms with Crippen molar-refractivity contribution in [2.45, 2.75) is 19.5 Å². The second-order valence-electron chi connectivity index (χ2n) is 3.97. The Morgan fingerprint density at radius 2 is 2.20 bits per heavy atom. The van der Waals surface area contributed by atoms with Crippen molar-refractivity contribution >= 4 is 11.6 Å². The van der Waals surface area contributed by atoms with Crippen LogP contribution in [0.3, 0.4) is 0 Å². The van der Waals surface area contributed by atoms with Crippen LogP contribution >= 0.6 is 0 Å². The highest BCUT2D eigenvalue weighted by molar-refractivity contribution is 5.89. The predicted octanol–water partition coefficient (Wildman–Crippen LogP) is 1.61. The molecular weight excluding hydrogens is 279 g/mol. The van der Waals surface area contributed by atoms with Gasteiger partial charge in [0.25, 0.3) is 0 Å². The zero-order valence-electron chi connectivity index (χ0n) is 10.3. The van der Waals surface area contributed by atoms with E-state index in [9.17, 15) is 22.8 Å². The standard InChI is InChI=1S/C11H10F3N3O3/c1-2-3-20-10(19)6-4-15-17-5-7(11(12,13)14)16-9(17)8(6)18/h4-5,15H,2-3H2,1H3. The Bertz CT molecular complexity index is 702. The van der Waals surface area contributed by atoms with Gasteiger partial charge in [-0.25, -0.2) is 14.3 Å². The molecule has 2 rings (SSSR count). The van der Waals surface area contributed by atoms with Gasteiger partial charge in [-0.2, -0.15) is 13.2 Å². The summed E-state index contributed by atoms with van der Waals surface area (Å²) in [6, 6.07) is 0. The van der Waals surface area contributed by atoms with Crippen LogP contribution in [0.25, 0.3) is 5.65 Å². The van der Waals surface area contributed by atoms with Gasteiger partial charge in [0.1, 0.15) is 5.56 Å². The second kappa shape index (κ2) is 4.99. The van der Waals surface area contributed by atoms with E-state index in [-0.39, 0.29) is 12.2 Å². The minimum atomic E-state index is -4.67. The SMILES string of the molecule is CCCOC(=O)c1c[nH]n2cc(C(F)(F)F)nc2c1=O. The number of alkyl halides is 3. The number of aromatic nitrogens is 3. The Labute approximate surface area is 110 Å². The summed E-state index contributed by atoms with van der Waals surface area (Å²) in [5, 5.41) is 2.36. The molecule has 6 nitrogen and oxygen atoms in total. The van der Waals surface area contributed by atoms with Crippen LogP contribution in [0.2, 0.25) is 0 Å². The first-order valence-corrected chi connectivity index (χ1v) is 5.69. The first-order valence-electron chi connectivity index (χ1n) is 5.69. The Balaban J connectivity index is 2.49. The molecule has 0 saturated carbocycles. The summed E-state index contributed by atoms with van der Waals surface area (Å²) >= 11 is 0. The molecule has 0 aliphatic rings. The van der Waals surface area contributed by atoms with Crippen LogP contribution in [0.5, 0.6) is 0 Å². The number of H-pyrrole nitrogens is 1. The second-order valence-corrected chi connectivity index (χ2v) is 3.97. The zero-order chi connectivity index (χ0) is 14.9. The Morgan fingerprint density at radius 1 is 1.50 bits per heavy atom. The summed E-state index contributed by atoms with van der Waals surface area (Å²) in [5.74, 6) is -0.896. The highest BCUT2D eigenvalue weighted by atomic mass is 19.4. The molecular formula is C11H10F3N3O3. The molecule has 0 aliphatic heterocycles. The number of carbonyl (C=O) groups is 1. The van der Waals surface area contributed by atoms with Crippen molar-refractivity contribution in [2.24, 2.45) is 0 Å². The minimum absolute atomic E-state index is 0.117. The van der Waals surface area contributed by atoms with Crippen molar-refractivity contribution in [1.29, 1.82) is 0 Å². The van der Waals surface area contributed by atoms with Gasteiger partial charge in [-0.3, -0.25) is 9.89 Å². The van der Waals surface area contributed by atoms with E-state index in [1.807, 2.05) is 0 Å². The van der Waals surface area contributed by atoms with Crippen molar-refractivity contribution in [3.05, 3.63) is 33.9 Å². The summed E-state index contributed by atoms with van der Waals surface area (Å²) in [6.07, 6.45) is -2.48. The first-order chi connectivity index (χ1) is 9.34. The number of halogens is 3. The van der Waals surface area contributed by atoms with Gasteiger partial charge in [-0.1, -0.05) is 6.92 Å². The van der Waals surface area contributed by atoms with Crippen molar-refractivity contribution in [3.8, 4) is 0 Å². The van der Waals surface area contributed by atoms with E-state index in [1.165, 1.54) is 0 Å². The van der Waals surface area contributed by atoms with E-state index in [0.717, 1.165) is 10.7 Å². The molecule has 0 amide bonds. The van der Waals surface area contributed by atoms with Gasteiger partial charge in [0.2, 0.25) is 11.1 Å². The normalized spacial score (nSPS) is 11.8. The number of aromatic amines is 1. The molecule has 2 aromatic heterocycles. The van der Waals surface area contributed by atoms with E-state index in [2.05, 4.69) is 10.1 Å². The molecule has 0 saturated heterocycles. The average molecular weight is 289 g/mol. The number of esters is 1. The molecule has 9 heteroatoms. The van der Waals surface area contributed by atoms with Crippen LogP contribution in [-0.4, -0.2) is 27.2 Å². The van der Waals surface area contributed by atoms with Crippen LogP contribution in [0.4, 0.5) is 13.2 Å². The third kappa shape index (κ3) is 2.51. The van der Waals surface area contributed by atoms with Crippen molar-refractivity contribution < 1.29 is 22.7 Å². The molecule has 108 valence electrons. The lowest BCUT2D eigenvalue weighted by Crippen LogP contribution is -2.20. The quantitative estimate of drug-likeness (QED) is 0.871. The van der Waals surface area contributed by atoms with Gasteiger partial charge in [0.15, 0.2) is 5.69 Å². The number of carbonyl (C=O) groups excluding carboxylic acids is 1. The van der Waals surface area contributed by atoms with Crippen LogP contribution in [0, 0.1) is 0 Å². The maximum Gasteiger partial charge on any atom is 0.434 e. The number of nitrogens with one attached hydrogen (secondary N) is 1. The molecule has 1 N–H and O–H groups in total. The van der Waals surface area contributed by atoms with Gasteiger partial charge in [0.05, 0.1) is 12.8 Å². The van der Waals surface area contributed by atoms with E-state index < -0.39 is 28.9 Å². The topological polar surface area (TPSA) is 76.5 Å². The molecule has 2 aromatic rings.